The van der Waals surface area contributed by atoms with E-state index in [1.165, 1.54) is 5.39 Å². The zero-order valence-corrected chi connectivity index (χ0v) is 18.4. The minimum atomic E-state index is -2.87. The second-order valence-electron chi connectivity index (χ2n) is 8.25. The van der Waals surface area contributed by atoms with Crippen LogP contribution < -0.4 is 5.32 Å². The summed E-state index contributed by atoms with van der Waals surface area (Å²) in [6.45, 7) is 12.2. The summed E-state index contributed by atoms with van der Waals surface area (Å²) in [7, 11) is 0. The van der Waals surface area contributed by atoms with Gasteiger partial charge in [-0.15, -0.1) is 0 Å². The number of halogens is 2. The largest absolute Gasteiger partial charge is 0.488 e. The number of hydrogen-bond donors (Lipinski definition) is 1. The van der Waals surface area contributed by atoms with Crippen LogP contribution in [0, 0.1) is 5.92 Å². The van der Waals surface area contributed by atoms with Gasteiger partial charge in [0.25, 0.3) is 5.92 Å². The van der Waals surface area contributed by atoms with Gasteiger partial charge in [-0.2, -0.15) is 0 Å². The van der Waals surface area contributed by atoms with E-state index in [-0.39, 0.29) is 6.04 Å². The standard InChI is InChI=1S/C26H30F2N2O/c1-6-22(31-16-26(5,27)28)12-11-17(2)18(3)30-19(4)23-14-24(23)25-13-20-9-7-8-10-21(20)15-29-25/h6-13,15,18,23-24,30H,2,4,14,16H2,1,3,5H3/b12-11-,22-6+. The fourth-order valence-corrected chi connectivity index (χ4v) is 3.46. The predicted octanol–water partition coefficient (Wildman–Crippen LogP) is 6.52. The number of aromatic nitrogens is 1. The van der Waals surface area contributed by atoms with Crippen molar-refractivity contribution in [1.82, 2.24) is 10.3 Å². The number of fused-ring (bicyclic) bond motifs is 1. The lowest BCUT2D eigenvalue weighted by Gasteiger charge is -2.18. The summed E-state index contributed by atoms with van der Waals surface area (Å²) in [5.74, 6) is -1.77. The highest BCUT2D eigenvalue weighted by Gasteiger charge is 2.41. The van der Waals surface area contributed by atoms with E-state index < -0.39 is 12.5 Å². The number of alkyl halides is 2. The lowest BCUT2D eigenvalue weighted by atomic mass is 10.1. The van der Waals surface area contributed by atoms with Gasteiger partial charge >= 0.3 is 0 Å². The summed E-state index contributed by atoms with van der Waals surface area (Å²) in [6.07, 6.45) is 8.05. The second kappa shape index (κ2) is 9.46. The summed E-state index contributed by atoms with van der Waals surface area (Å²) in [5.41, 5.74) is 2.88. The third-order valence-corrected chi connectivity index (χ3v) is 5.47. The van der Waals surface area contributed by atoms with Gasteiger partial charge < -0.3 is 10.1 Å². The van der Waals surface area contributed by atoms with Crippen molar-refractivity contribution >= 4 is 10.8 Å². The van der Waals surface area contributed by atoms with Crippen molar-refractivity contribution in [3.63, 3.8) is 0 Å². The minimum absolute atomic E-state index is 0.0414. The van der Waals surface area contributed by atoms with E-state index in [0.717, 1.165) is 35.7 Å². The van der Waals surface area contributed by atoms with Crippen molar-refractivity contribution in [3.05, 3.63) is 90.6 Å². The van der Waals surface area contributed by atoms with Gasteiger partial charge in [0, 0.05) is 47.8 Å². The second-order valence-corrected chi connectivity index (χ2v) is 8.25. The molecule has 31 heavy (non-hydrogen) atoms. The number of benzene rings is 1. The van der Waals surface area contributed by atoms with Crippen LogP contribution in [0.1, 0.15) is 38.8 Å². The fourth-order valence-electron chi connectivity index (χ4n) is 3.46. The maximum atomic E-state index is 13.0. The van der Waals surface area contributed by atoms with Crippen LogP contribution in [0.5, 0.6) is 0 Å². The van der Waals surface area contributed by atoms with E-state index in [1.54, 1.807) is 25.2 Å². The molecule has 3 atom stereocenters. The molecule has 1 aliphatic rings. The maximum absolute atomic E-state index is 13.0. The highest BCUT2D eigenvalue weighted by atomic mass is 19.3. The molecule has 0 radical (unpaired) electrons. The summed E-state index contributed by atoms with van der Waals surface area (Å²) in [5, 5.41) is 5.77. The van der Waals surface area contributed by atoms with Gasteiger partial charge in [0.15, 0.2) is 6.61 Å². The van der Waals surface area contributed by atoms with Crippen LogP contribution in [0.3, 0.4) is 0 Å². The quantitative estimate of drug-likeness (QED) is 0.348. The van der Waals surface area contributed by atoms with Gasteiger partial charge in [0.05, 0.1) is 0 Å². The maximum Gasteiger partial charge on any atom is 0.278 e. The number of nitrogens with one attached hydrogen (secondary N) is 1. The first-order chi connectivity index (χ1) is 14.7. The van der Waals surface area contributed by atoms with E-state index in [2.05, 4.69) is 41.7 Å². The molecule has 164 valence electrons. The Morgan fingerprint density at radius 2 is 2.00 bits per heavy atom. The van der Waals surface area contributed by atoms with Crippen molar-refractivity contribution in [1.29, 1.82) is 0 Å². The molecule has 0 amide bonds. The molecule has 3 unspecified atom stereocenters. The topological polar surface area (TPSA) is 34.1 Å². The zero-order valence-electron chi connectivity index (χ0n) is 18.4. The molecule has 3 rings (SSSR count). The Bertz CT molecular complexity index is 1020. The van der Waals surface area contributed by atoms with E-state index in [4.69, 9.17) is 4.74 Å². The van der Waals surface area contributed by atoms with Crippen molar-refractivity contribution in [2.45, 2.75) is 45.1 Å². The summed E-state index contributed by atoms with van der Waals surface area (Å²) < 4.78 is 31.1. The number of allylic oxidation sites excluding steroid dienone is 3. The van der Waals surface area contributed by atoms with E-state index in [1.807, 2.05) is 25.3 Å². The normalized spacial score (nSPS) is 20.0. The molecule has 1 aromatic heterocycles. The number of ether oxygens (including phenoxy) is 1. The fraction of sp³-hybridized carbons (Fsp3) is 0.346. The van der Waals surface area contributed by atoms with Gasteiger partial charge in [-0.1, -0.05) is 43.5 Å². The number of nitrogens with zero attached hydrogens (tertiary/aromatic N) is 1. The molecule has 0 spiro atoms. The van der Waals surface area contributed by atoms with E-state index in [0.29, 0.717) is 17.6 Å². The average molecular weight is 425 g/mol. The van der Waals surface area contributed by atoms with Crippen molar-refractivity contribution in [3.8, 4) is 0 Å². The molecule has 1 fully saturated rings. The Kier molecular flexibility index (Phi) is 6.94. The first-order valence-electron chi connectivity index (χ1n) is 10.5. The molecular formula is C26H30F2N2O. The Balaban J connectivity index is 1.52. The van der Waals surface area contributed by atoms with Crippen LogP contribution in [0.4, 0.5) is 8.78 Å². The Labute approximate surface area is 183 Å². The molecule has 1 saturated carbocycles. The number of pyridine rings is 1. The molecular weight excluding hydrogens is 394 g/mol. The van der Waals surface area contributed by atoms with Crippen molar-refractivity contribution in [2.24, 2.45) is 5.92 Å². The molecule has 1 aliphatic carbocycles. The molecule has 1 heterocycles. The summed E-state index contributed by atoms with van der Waals surface area (Å²) >= 11 is 0. The average Bonchev–Trinajstić information content (AvgIpc) is 3.53. The van der Waals surface area contributed by atoms with Gasteiger partial charge in [-0.05, 0) is 49.4 Å². The number of rotatable bonds is 10. The predicted molar refractivity (Wildman–Crippen MR) is 123 cm³/mol. The number of hydrogen-bond acceptors (Lipinski definition) is 3. The Hall–Kier alpha value is -2.95. The van der Waals surface area contributed by atoms with Crippen molar-refractivity contribution in [2.75, 3.05) is 6.61 Å². The monoisotopic (exact) mass is 424 g/mol. The van der Waals surface area contributed by atoms with E-state index >= 15 is 0 Å². The molecule has 0 aliphatic heterocycles. The van der Waals surface area contributed by atoms with Gasteiger partial charge in [-0.25, -0.2) is 8.78 Å². The molecule has 1 aromatic carbocycles. The van der Waals surface area contributed by atoms with Crippen LogP contribution >= 0.6 is 0 Å². The van der Waals surface area contributed by atoms with Crippen LogP contribution in [-0.4, -0.2) is 23.6 Å². The van der Waals surface area contributed by atoms with Crippen LogP contribution in [0.15, 0.2) is 84.9 Å². The molecule has 0 saturated heterocycles. The van der Waals surface area contributed by atoms with E-state index in [9.17, 15) is 8.78 Å². The smallest absolute Gasteiger partial charge is 0.278 e. The van der Waals surface area contributed by atoms with Crippen LogP contribution in [0.2, 0.25) is 0 Å². The van der Waals surface area contributed by atoms with Gasteiger partial charge in [0.1, 0.15) is 5.76 Å². The minimum Gasteiger partial charge on any atom is -0.488 e. The Morgan fingerprint density at radius 3 is 2.68 bits per heavy atom. The summed E-state index contributed by atoms with van der Waals surface area (Å²) in [6, 6.07) is 10.3. The first-order valence-corrected chi connectivity index (χ1v) is 10.5. The highest BCUT2D eigenvalue weighted by molar-refractivity contribution is 5.81. The lowest BCUT2D eigenvalue weighted by Crippen LogP contribution is -2.27. The summed E-state index contributed by atoms with van der Waals surface area (Å²) in [4.78, 5) is 4.64. The molecule has 2 aromatic rings. The van der Waals surface area contributed by atoms with Crippen molar-refractivity contribution < 1.29 is 13.5 Å². The van der Waals surface area contributed by atoms with Crippen LogP contribution in [0.25, 0.3) is 10.8 Å². The lowest BCUT2D eigenvalue weighted by molar-refractivity contribution is -0.0417. The zero-order chi connectivity index (χ0) is 22.6. The third kappa shape index (κ3) is 6.27. The molecule has 5 heteroatoms. The molecule has 1 N–H and O–H groups in total. The molecule has 3 nitrogen and oxygen atoms in total. The first kappa shape index (κ1) is 22.7. The Morgan fingerprint density at radius 1 is 1.29 bits per heavy atom. The van der Waals surface area contributed by atoms with Gasteiger partial charge in [0.2, 0.25) is 0 Å². The van der Waals surface area contributed by atoms with Gasteiger partial charge in [-0.3, -0.25) is 4.98 Å². The molecule has 0 bridgehead atoms. The van der Waals surface area contributed by atoms with Crippen LogP contribution in [-0.2, 0) is 4.74 Å². The SMILES string of the molecule is C=C(/C=C\C(=C/C)OCC(C)(F)F)C(C)NC(=C)C1CC1c1cc2ccccc2cn1. The highest BCUT2D eigenvalue weighted by Crippen LogP contribution is 2.50. The third-order valence-electron chi connectivity index (χ3n) is 5.47.